The zero-order chi connectivity index (χ0) is 23.0. The molecule has 1 amide bonds. The van der Waals surface area contributed by atoms with Gasteiger partial charge in [0.15, 0.2) is 5.96 Å². The van der Waals surface area contributed by atoms with Crippen molar-refractivity contribution in [2.75, 3.05) is 38.1 Å². The Morgan fingerprint density at radius 2 is 1.79 bits per heavy atom. The van der Waals surface area contributed by atoms with Crippen LogP contribution in [0.1, 0.15) is 36.8 Å². The zero-order valence-corrected chi connectivity index (χ0v) is 19.6. The second-order valence-electron chi connectivity index (χ2n) is 9.17. The van der Waals surface area contributed by atoms with E-state index >= 15 is 0 Å². The molecule has 3 heterocycles. The van der Waals surface area contributed by atoms with Crippen molar-refractivity contribution in [1.29, 1.82) is 0 Å². The lowest BCUT2D eigenvalue weighted by Gasteiger charge is -2.35. The van der Waals surface area contributed by atoms with Crippen molar-refractivity contribution in [3.8, 4) is 0 Å². The Labute approximate surface area is 197 Å². The Balaban J connectivity index is 1.30. The molecule has 0 atom stereocenters. The number of aliphatic imine (C=N–C) groups is 1. The molecule has 0 bridgehead atoms. The third-order valence-corrected chi connectivity index (χ3v) is 6.99. The van der Waals surface area contributed by atoms with Gasteiger partial charge in [0.25, 0.3) is 0 Å². The van der Waals surface area contributed by atoms with Crippen LogP contribution in [-0.4, -0.2) is 55.0 Å². The average Bonchev–Trinajstić information content (AvgIpc) is 2.86. The molecule has 2 aromatic rings. The predicted molar refractivity (Wildman–Crippen MR) is 133 cm³/mol. The minimum atomic E-state index is -0.186. The molecule has 4 rings (SSSR count). The van der Waals surface area contributed by atoms with Gasteiger partial charge in [-0.2, -0.15) is 0 Å². The fourth-order valence-corrected chi connectivity index (χ4v) is 5.03. The first-order valence-corrected chi connectivity index (χ1v) is 12.1. The van der Waals surface area contributed by atoms with Gasteiger partial charge in [-0.05, 0) is 49.7 Å². The van der Waals surface area contributed by atoms with Gasteiger partial charge in [-0.25, -0.2) is 4.98 Å². The van der Waals surface area contributed by atoms with Crippen molar-refractivity contribution in [2.45, 2.75) is 38.6 Å². The Morgan fingerprint density at radius 1 is 1.06 bits per heavy atom. The van der Waals surface area contributed by atoms with E-state index < -0.39 is 0 Å². The second-order valence-corrected chi connectivity index (χ2v) is 9.17. The van der Waals surface area contributed by atoms with Crippen molar-refractivity contribution in [2.24, 2.45) is 22.6 Å². The van der Waals surface area contributed by atoms with Crippen molar-refractivity contribution in [3.63, 3.8) is 0 Å². The van der Waals surface area contributed by atoms with Crippen molar-refractivity contribution >= 4 is 17.7 Å². The van der Waals surface area contributed by atoms with Crippen LogP contribution in [0.15, 0.2) is 53.7 Å². The number of carbonyl (C=O) groups is 1. The summed E-state index contributed by atoms with van der Waals surface area (Å²) in [6.07, 6.45) is 6.94. The molecule has 7 nitrogen and oxygen atoms in total. The molecule has 1 aromatic heterocycles. The molecule has 33 heavy (non-hydrogen) atoms. The van der Waals surface area contributed by atoms with E-state index in [-0.39, 0.29) is 11.8 Å². The lowest BCUT2D eigenvalue weighted by Crippen LogP contribution is -2.45. The Hall–Kier alpha value is -3.09. The van der Waals surface area contributed by atoms with Crippen LogP contribution in [0.25, 0.3) is 0 Å². The molecular weight excluding hydrogens is 412 g/mol. The van der Waals surface area contributed by atoms with E-state index in [0.29, 0.717) is 6.54 Å². The highest BCUT2D eigenvalue weighted by Gasteiger charge is 2.25. The van der Waals surface area contributed by atoms with E-state index in [1.807, 2.05) is 19.3 Å². The first-order chi connectivity index (χ1) is 16.1. The zero-order valence-electron chi connectivity index (χ0n) is 19.6. The van der Waals surface area contributed by atoms with Gasteiger partial charge >= 0.3 is 0 Å². The highest BCUT2D eigenvalue weighted by molar-refractivity contribution is 5.80. The highest BCUT2D eigenvalue weighted by Crippen LogP contribution is 2.25. The van der Waals surface area contributed by atoms with Gasteiger partial charge in [-0.1, -0.05) is 36.4 Å². The van der Waals surface area contributed by atoms with Crippen molar-refractivity contribution < 1.29 is 4.79 Å². The number of nitrogens with zero attached hydrogens (tertiary/aromatic N) is 4. The summed E-state index contributed by atoms with van der Waals surface area (Å²) in [5.41, 5.74) is 8.08. The van der Waals surface area contributed by atoms with Gasteiger partial charge in [0.1, 0.15) is 5.82 Å². The fraction of sp³-hybridized carbons (Fsp3) is 0.500. The number of guanidine groups is 1. The number of benzene rings is 1. The van der Waals surface area contributed by atoms with Gasteiger partial charge in [-0.3, -0.25) is 9.79 Å². The maximum absolute atomic E-state index is 11.5. The number of pyridine rings is 1. The summed E-state index contributed by atoms with van der Waals surface area (Å²) in [5.74, 6) is 2.47. The van der Waals surface area contributed by atoms with Gasteiger partial charge in [-0.15, -0.1) is 0 Å². The normalized spacial score (nSPS) is 18.4. The lowest BCUT2D eigenvalue weighted by molar-refractivity contribution is -0.122. The van der Waals surface area contributed by atoms with Crippen molar-refractivity contribution in [3.05, 3.63) is 59.8 Å². The molecule has 0 aliphatic carbocycles. The van der Waals surface area contributed by atoms with Crippen LogP contribution in [-0.2, 0) is 17.8 Å². The average molecular weight is 449 g/mol. The number of carbonyl (C=O) groups excluding carboxylic acids is 1. The summed E-state index contributed by atoms with van der Waals surface area (Å²) < 4.78 is 0. The molecular formula is C26H36N6O. The van der Waals surface area contributed by atoms with Crippen LogP contribution < -0.4 is 16.0 Å². The number of amides is 1. The number of hydrogen-bond donors (Lipinski definition) is 2. The third-order valence-electron chi connectivity index (χ3n) is 6.99. The van der Waals surface area contributed by atoms with Crippen LogP contribution in [0.2, 0.25) is 0 Å². The van der Waals surface area contributed by atoms with E-state index in [2.05, 4.69) is 61.5 Å². The van der Waals surface area contributed by atoms with E-state index in [1.165, 1.54) is 18.4 Å². The number of rotatable bonds is 6. The number of piperidine rings is 2. The number of nitrogens with two attached hydrogens (primary N) is 1. The summed E-state index contributed by atoms with van der Waals surface area (Å²) in [6.45, 7) is 4.34. The molecule has 0 spiro atoms. The third kappa shape index (κ3) is 6.03. The quantitative estimate of drug-likeness (QED) is 0.524. The number of hydrogen-bond acceptors (Lipinski definition) is 4. The molecule has 7 heteroatoms. The van der Waals surface area contributed by atoms with E-state index in [1.54, 1.807) is 0 Å². The number of anilines is 1. The first-order valence-electron chi connectivity index (χ1n) is 12.1. The smallest absolute Gasteiger partial charge is 0.220 e. The fourth-order valence-electron chi connectivity index (χ4n) is 5.03. The minimum absolute atomic E-state index is 0.0183. The van der Waals surface area contributed by atoms with Crippen LogP contribution in [0.3, 0.4) is 0 Å². The number of aromatic nitrogens is 1. The van der Waals surface area contributed by atoms with E-state index in [0.717, 1.165) is 68.7 Å². The molecule has 1 aromatic carbocycles. The minimum Gasteiger partial charge on any atom is -0.369 e. The van der Waals surface area contributed by atoms with Crippen molar-refractivity contribution in [1.82, 2.24) is 15.2 Å². The number of primary amides is 1. The largest absolute Gasteiger partial charge is 0.369 e. The molecule has 0 radical (unpaired) electrons. The standard InChI is InChI=1S/C26H36N6O/c1-28-26(32-14-9-21(10-15-32)18-20-6-3-2-4-7-20)30-19-23-8-5-13-29-25(23)31-16-11-22(12-17-31)24(27)33/h2-8,13,21-22H,9-12,14-19H2,1H3,(H2,27,33)(H,28,30). The van der Waals surface area contributed by atoms with Gasteiger partial charge in [0.05, 0.1) is 0 Å². The van der Waals surface area contributed by atoms with E-state index in [4.69, 9.17) is 5.73 Å². The van der Waals surface area contributed by atoms with E-state index in [9.17, 15) is 4.79 Å². The summed E-state index contributed by atoms with van der Waals surface area (Å²) >= 11 is 0. The molecule has 2 fully saturated rings. The van der Waals surface area contributed by atoms with Crippen LogP contribution >= 0.6 is 0 Å². The monoisotopic (exact) mass is 448 g/mol. The van der Waals surface area contributed by atoms with Crippen LogP contribution in [0.4, 0.5) is 5.82 Å². The summed E-state index contributed by atoms with van der Waals surface area (Å²) in [4.78, 5) is 25.3. The second kappa shape index (κ2) is 11.2. The molecule has 0 saturated carbocycles. The molecule has 2 aliphatic rings. The first kappa shape index (κ1) is 23.1. The topological polar surface area (TPSA) is 86.9 Å². The Bertz CT molecular complexity index is 931. The maximum Gasteiger partial charge on any atom is 0.220 e. The summed E-state index contributed by atoms with van der Waals surface area (Å²) in [7, 11) is 1.86. The Morgan fingerprint density at radius 3 is 2.45 bits per heavy atom. The molecule has 176 valence electrons. The SMILES string of the molecule is CN=C(NCc1cccnc1N1CCC(C(N)=O)CC1)N1CCC(Cc2ccccc2)CC1. The summed E-state index contributed by atoms with van der Waals surface area (Å²) in [6, 6.07) is 14.9. The van der Waals surface area contributed by atoms with Crippen LogP contribution in [0.5, 0.6) is 0 Å². The molecule has 0 unspecified atom stereocenters. The number of likely N-dealkylation sites (tertiary alicyclic amines) is 1. The van der Waals surface area contributed by atoms with Crippen LogP contribution in [0, 0.1) is 11.8 Å². The highest BCUT2D eigenvalue weighted by atomic mass is 16.1. The van der Waals surface area contributed by atoms with Gasteiger partial charge < -0.3 is 20.9 Å². The molecule has 2 aliphatic heterocycles. The maximum atomic E-state index is 11.5. The van der Waals surface area contributed by atoms with Gasteiger partial charge in [0, 0.05) is 57.4 Å². The predicted octanol–water partition coefficient (Wildman–Crippen LogP) is 2.81. The lowest BCUT2D eigenvalue weighted by atomic mass is 9.90. The summed E-state index contributed by atoms with van der Waals surface area (Å²) in [5, 5.41) is 3.56. The molecule has 2 saturated heterocycles. The Kier molecular flexibility index (Phi) is 7.81. The van der Waals surface area contributed by atoms with Gasteiger partial charge in [0.2, 0.25) is 5.91 Å². The number of nitrogens with one attached hydrogen (secondary N) is 1. The molecule has 3 N–H and O–H groups in total.